The van der Waals surface area contributed by atoms with E-state index in [1.807, 2.05) is 0 Å². The quantitative estimate of drug-likeness (QED) is 0.879. The molecule has 0 saturated carbocycles. The first-order chi connectivity index (χ1) is 9.45. The third-order valence-electron chi connectivity index (χ3n) is 2.78. The minimum atomic E-state index is -1.01. The van der Waals surface area contributed by atoms with Crippen molar-refractivity contribution in [3.63, 3.8) is 0 Å². The largest absolute Gasteiger partial charge is 0.484 e. The standard InChI is InChI=1S/C12H12ClFN2O4/c13-9-2-1-8(3-10(9)14)20-6-11(17)15-7-4-16(5-7)12(18)19/h1-3,7H,4-6H2,(H,15,17)(H,18,19). The number of nitrogens with zero attached hydrogens (tertiary/aromatic N) is 1. The lowest BCUT2D eigenvalue weighted by Crippen LogP contribution is -2.61. The Hall–Kier alpha value is -2.02. The molecule has 6 nitrogen and oxygen atoms in total. The highest BCUT2D eigenvalue weighted by Crippen LogP contribution is 2.20. The second kappa shape index (κ2) is 5.96. The molecule has 2 rings (SSSR count). The number of amides is 2. The Morgan fingerprint density at radius 1 is 1.50 bits per heavy atom. The summed E-state index contributed by atoms with van der Waals surface area (Å²) < 4.78 is 18.2. The molecule has 8 heteroatoms. The highest BCUT2D eigenvalue weighted by molar-refractivity contribution is 6.30. The maximum atomic E-state index is 13.1. The number of hydrogen-bond acceptors (Lipinski definition) is 3. The lowest BCUT2D eigenvalue weighted by atomic mass is 10.1. The van der Waals surface area contributed by atoms with E-state index in [-0.39, 0.29) is 36.5 Å². The van der Waals surface area contributed by atoms with Crippen LogP contribution in [-0.2, 0) is 4.79 Å². The van der Waals surface area contributed by atoms with Crippen molar-refractivity contribution in [3.8, 4) is 5.75 Å². The van der Waals surface area contributed by atoms with Crippen molar-refractivity contribution < 1.29 is 23.8 Å². The van der Waals surface area contributed by atoms with Crippen molar-refractivity contribution in [2.24, 2.45) is 0 Å². The molecule has 1 fully saturated rings. The molecule has 2 amide bonds. The van der Waals surface area contributed by atoms with Crippen LogP contribution in [0.1, 0.15) is 0 Å². The van der Waals surface area contributed by atoms with Gasteiger partial charge in [0.25, 0.3) is 5.91 Å². The molecule has 108 valence electrons. The molecule has 0 radical (unpaired) electrons. The van der Waals surface area contributed by atoms with Crippen LogP contribution in [0.3, 0.4) is 0 Å². The molecular formula is C12H12ClFN2O4. The summed E-state index contributed by atoms with van der Waals surface area (Å²) in [6, 6.07) is 3.67. The summed E-state index contributed by atoms with van der Waals surface area (Å²) in [5.41, 5.74) is 0. The fraction of sp³-hybridized carbons (Fsp3) is 0.333. The van der Waals surface area contributed by atoms with Gasteiger partial charge in [0.15, 0.2) is 6.61 Å². The van der Waals surface area contributed by atoms with Gasteiger partial charge in [-0.25, -0.2) is 9.18 Å². The van der Waals surface area contributed by atoms with Crippen LogP contribution in [0.25, 0.3) is 0 Å². The van der Waals surface area contributed by atoms with Gasteiger partial charge >= 0.3 is 6.09 Å². The van der Waals surface area contributed by atoms with E-state index in [1.54, 1.807) is 0 Å². The second-order valence-electron chi connectivity index (χ2n) is 4.32. The van der Waals surface area contributed by atoms with Gasteiger partial charge in [-0.2, -0.15) is 0 Å². The number of hydrogen-bond donors (Lipinski definition) is 2. The maximum absolute atomic E-state index is 13.1. The van der Waals surface area contributed by atoms with E-state index in [0.29, 0.717) is 0 Å². The van der Waals surface area contributed by atoms with E-state index < -0.39 is 17.8 Å². The Balaban J connectivity index is 1.73. The zero-order valence-corrected chi connectivity index (χ0v) is 11.1. The number of nitrogens with one attached hydrogen (secondary N) is 1. The van der Waals surface area contributed by atoms with Crippen LogP contribution in [0.4, 0.5) is 9.18 Å². The summed E-state index contributed by atoms with van der Waals surface area (Å²) in [4.78, 5) is 23.2. The molecule has 0 unspecified atom stereocenters. The molecule has 0 spiro atoms. The number of ether oxygens (including phenoxy) is 1. The van der Waals surface area contributed by atoms with Gasteiger partial charge in [-0.15, -0.1) is 0 Å². The van der Waals surface area contributed by atoms with E-state index in [2.05, 4.69) is 5.32 Å². The minimum Gasteiger partial charge on any atom is -0.484 e. The first-order valence-electron chi connectivity index (χ1n) is 5.81. The summed E-state index contributed by atoms with van der Waals surface area (Å²) in [6.45, 7) is 0.248. The number of rotatable bonds is 4. The number of carbonyl (C=O) groups is 2. The zero-order valence-electron chi connectivity index (χ0n) is 10.3. The van der Waals surface area contributed by atoms with Crippen LogP contribution in [0.2, 0.25) is 5.02 Å². The van der Waals surface area contributed by atoms with E-state index in [1.165, 1.54) is 17.0 Å². The van der Waals surface area contributed by atoms with Gasteiger partial charge in [0, 0.05) is 19.2 Å². The highest BCUT2D eigenvalue weighted by Gasteiger charge is 2.31. The second-order valence-corrected chi connectivity index (χ2v) is 4.72. The Morgan fingerprint density at radius 3 is 2.80 bits per heavy atom. The van der Waals surface area contributed by atoms with Crippen LogP contribution < -0.4 is 10.1 Å². The van der Waals surface area contributed by atoms with E-state index in [4.69, 9.17) is 21.4 Å². The number of carboxylic acid groups (broad SMARTS) is 1. The van der Waals surface area contributed by atoms with Gasteiger partial charge in [-0.3, -0.25) is 4.79 Å². The predicted octanol–water partition coefficient (Wildman–Crippen LogP) is 1.34. The van der Waals surface area contributed by atoms with Crippen molar-refractivity contribution in [1.29, 1.82) is 0 Å². The predicted molar refractivity (Wildman–Crippen MR) is 68.4 cm³/mol. The summed E-state index contributed by atoms with van der Waals surface area (Å²) in [7, 11) is 0. The molecule has 20 heavy (non-hydrogen) atoms. The number of carbonyl (C=O) groups excluding carboxylic acids is 1. The Morgan fingerprint density at radius 2 is 2.20 bits per heavy atom. The maximum Gasteiger partial charge on any atom is 0.407 e. The topological polar surface area (TPSA) is 78.9 Å². The molecule has 2 N–H and O–H groups in total. The minimum absolute atomic E-state index is 0.0231. The molecule has 0 aliphatic carbocycles. The van der Waals surface area contributed by atoms with Gasteiger partial charge < -0.3 is 20.1 Å². The van der Waals surface area contributed by atoms with E-state index >= 15 is 0 Å². The van der Waals surface area contributed by atoms with E-state index in [0.717, 1.165) is 6.07 Å². The molecule has 1 aliphatic rings. The number of likely N-dealkylation sites (tertiary alicyclic amines) is 1. The Kier molecular flexibility index (Phi) is 4.29. The van der Waals surface area contributed by atoms with Gasteiger partial charge in [0.1, 0.15) is 11.6 Å². The van der Waals surface area contributed by atoms with E-state index in [9.17, 15) is 14.0 Å². The lowest BCUT2D eigenvalue weighted by molar-refractivity contribution is -0.124. The molecule has 0 aromatic heterocycles. The molecule has 0 atom stereocenters. The monoisotopic (exact) mass is 302 g/mol. The highest BCUT2D eigenvalue weighted by atomic mass is 35.5. The van der Waals surface area contributed by atoms with Crippen molar-refractivity contribution in [2.75, 3.05) is 19.7 Å². The molecular weight excluding hydrogens is 291 g/mol. The fourth-order valence-electron chi connectivity index (χ4n) is 1.71. The Labute approximate surface area is 119 Å². The Bertz CT molecular complexity index is 534. The summed E-state index contributed by atoms with van der Waals surface area (Å²) in [6.07, 6.45) is -1.01. The molecule has 1 saturated heterocycles. The summed E-state index contributed by atoms with van der Waals surface area (Å²) in [5.74, 6) is -0.820. The third kappa shape index (κ3) is 3.51. The van der Waals surface area contributed by atoms with Crippen LogP contribution >= 0.6 is 11.6 Å². The first-order valence-corrected chi connectivity index (χ1v) is 6.18. The fourth-order valence-corrected chi connectivity index (χ4v) is 1.83. The number of benzene rings is 1. The summed E-state index contributed by atoms with van der Waals surface area (Å²) >= 11 is 5.52. The van der Waals surface area contributed by atoms with Gasteiger partial charge in [-0.1, -0.05) is 11.6 Å². The van der Waals surface area contributed by atoms with Crippen LogP contribution in [-0.4, -0.2) is 47.7 Å². The molecule has 0 bridgehead atoms. The van der Waals surface area contributed by atoms with Crippen molar-refractivity contribution >= 4 is 23.6 Å². The molecule has 1 aromatic rings. The average molecular weight is 303 g/mol. The van der Waals surface area contributed by atoms with Crippen molar-refractivity contribution in [3.05, 3.63) is 29.0 Å². The van der Waals surface area contributed by atoms with Crippen LogP contribution in [0, 0.1) is 5.82 Å². The molecule has 1 heterocycles. The third-order valence-corrected chi connectivity index (χ3v) is 3.08. The normalized spacial score (nSPS) is 14.6. The van der Waals surface area contributed by atoms with Crippen molar-refractivity contribution in [1.82, 2.24) is 10.2 Å². The van der Waals surface area contributed by atoms with Gasteiger partial charge in [0.05, 0.1) is 11.1 Å². The summed E-state index contributed by atoms with van der Waals surface area (Å²) in [5, 5.41) is 11.2. The van der Waals surface area contributed by atoms with Crippen LogP contribution in [0.15, 0.2) is 18.2 Å². The molecule has 1 aromatic carbocycles. The smallest absolute Gasteiger partial charge is 0.407 e. The lowest BCUT2D eigenvalue weighted by Gasteiger charge is -2.37. The molecule has 1 aliphatic heterocycles. The van der Waals surface area contributed by atoms with Gasteiger partial charge in [-0.05, 0) is 12.1 Å². The first kappa shape index (κ1) is 14.4. The average Bonchev–Trinajstić information content (AvgIpc) is 2.34. The van der Waals surface area contributed by atoms with Crippen LogP contribution in [0.5, 0.6) is 5.75 Å². The SMILES string of the molecule is O=C(COc1ccc(Cl)c(F)c1)NC1CN(C(=O)O)C1. The van der Waals surface area contributed by atoms with Crippen molar-refractivity contribution in [2.45, 2.75) is 6.04 Å². The van der Waals surface area contributed by atoms with Gasteiger partial charge in [0.2, 0.25) is 0 Å². The zero-order chi connectivity index (χ0) is 14.7. The number of halogens is 2.